The maximum absolute atomic E-state index is 2.66. The quantitative estimate of drug-likeness (QED) is 0.651. The number of likely N-dealkylation sites (N-methyl/N-ethyl adjacent to an activating group) is 1. The number of nitrogens with zero attached hydrogens (tertiary/aromatic N) is 5. The van der Waals surface area contributed by atoms with Crippen molar-refractivity contribution in [3.8, 4) is 0 Å². The van der Waals surface area contributed by atoms with Crippen molar-refractivity contribution >= 4 is 0 Å². The summed E-state index contributed by atoms with van der Waals surface area (Å²) in [5.41, 5.74) is 0. The van der Waals surface area contributed by atoms with E-state index in [4.69, 9.17) is 0 Å². The largest absolute Gasteiger partial charge is 0.304 e. The molecule has 0 atom stereocenters. The van der Waals surface area contributed by atoms with Crippen LogP contribution in [0.5, 0.6) is 0 Å². The van der Waals surface area contributed by atoms with Gasteiger partial charge in [0.1, 0.15) is 0 Å². The van der Waals surface area contributed by atoms with Crippen molar-refractivity contribution in [1.29, 1.82) is 0 Å². The highest BCUT2D eigenvalue weighted by molar-refractivity contribution is 4.74. The van der Waals surface area contributed by atoms with Crippen molar-refractivity contribution < 1.29 is 0 Å². The summed E-state index contributed by atoms with van der Waals surface area (Å²) in [5.74, 6) is 0. The van der Waals surface area contributed by atoms with E-state index in [9.17, 15) is 0 Å². The number of rotatable bonds is 8. The van der Waals surface area contributed by atoms with Crippen LogP contribution in [0.2, 0.25) is 0 Å². The van der Waals surface area contributed by atoms with Crippen LogP contribution >= 0.6 is 0 Å². The molecule has 0 aromatic rings. The molecule has 0 aliphatic carbocycles. The van der Waals surface area contributed by atoms with Gasteiger partial charge < -0.3 is 14.7 Å². The molecule has 5 nitrogen and oxygen atoms in total. The van der Waals surface area contributed by atoms with Crippen LogP contribution in [0.15, 0.2) is 0 Å². The summed E-state index contributed by atoms with van der Waals surface area (Å²) < 4.78 is 0. The topological polar surface area (TPSA) is 16.2 Å². The predicted molar refractivity (Wildman–Crippen MR) is 96.9 cm³/mol. The Morgan fingerprint density at radius 3 is 1.52 bits per heavy atom. The Morgan fingerprint density at radius 2 is 0.957 bits per heavy atom. The van der Waals surface area contributed by atoms with Gasteiger partial charge in [0, 0.05) is 52.4 Å². The van der Waals surface area contributed by atoms with E-state index in [1.54, 1.807) is 0 Å². The van der Waals surface area contributed by atoms with Gasteiger partial charge in [0.2, 0.25) is 0 Å². The second-order valence-electron chi connectivity index (χ2n) is 7.78. The van der Waals surface area contributed by atoms with Crippen molar-refractivity contribution in [2.45, 2.75) is 25.7 Å². The van der Waals surface area contributed by atoms with E-state index >= 15 is 0 Å². The first kappa shape index (κ1) is 17.6. The van der Waals surface area contributed by atoms with Crippen LogP contribution in [0.1, 0.15) is 25.7 Å². The minimum atomic E-state index is 1.21. The molecular formula is C18H37N5. The van der Waals surface area contributed by atoms with Gasteiger partial charge in [0.15, 0.2) is 0 Å². The van der Waals surface area contributed by atoms with E-state index in [-0.39, 0.29) is 0 Å². The number of hydrogen-bond acceptors (Lipinski definition) is 5. The fourth-order valence-electron chi connectivity index (χ4n) is 4.19. The Kier molecular flexibility index (Phi) is 7.14. The molecule has 134 valence electrons. The highest BCUT2D eigenvalue weighted by Gasteiger charge is 2.20. The molecule has 23 heavy (non-hydrogen) atoms. The lowest BCUT2D eigenvalue weighted by molar-refractivity contribution is 0.146. The van der Waals surface area contributed by atoms with Crippen LogP contribution in [0.25, 0.3) is 0 Å². The first-order valence-corrected chi connectivity index (χ1v) is 9.87. The molecule has 0 aromatic heterocycles. The van der Waals surface area contributed by atoms with Crippen LogP contribution in [0.4, 0.5) is 0 Å². The highest BCUT2D eigenvalue weighted by atomic mass is 15.4. The lowest BCUT2D eigenvalue weighted by atomic mass is 10.3. The Hall–Kier alpha value is -0.200. The molecule has 0 N–H and O–H groups in total. The van der Waals surface area contributed by atoms with Crippen molar-refractivity contribution in [2.75, 3.05) is 92.3 Å². The van der Waals surface area contributed by atoms with Gasteiger partial charge in [-0.25, -0.2) is 0 Å². The fraction of sp³-hybridized carbons (Fsp3) is 1.00. The normalized spacial score (nSPS) is 26.5. The van der Waals surface area contributed by atoms with E-state index in [1.165, 1.54) is 111 Å². The SMILES string of the molecule is CN1CCN(CCCN2CCN(CCCN3CCCC3)C2)CC1. The molecular weight excluding hydrogens is 286 g/mol. The first-order valence-electron chi connectivity index (χ1n) is 9.87. The molecule has 0 spiro atoms. The summed E-state index contributed by atoms with van der Waals surface area (Å²) in [6.45, 7) is 16.7. The second-order valence-corrected chi connectivity index (χ2v) is 7.78. The maximum Gasteiger partial charge on any atom is 0.0507 e. The molecule has 0 unspecified atom stereocenters. The Labute approximate surface area is 143 Å². The second kappa shape index (κ2) is 9.33. The van der Waals surface area contributed by atoms with E-state index in [1.807, 2.05) is 0 Å². The molecule has 3 fully saturated rings. The lowest BCUT2D eigenvalue weighted by Crippen LogP contribution is -2.45. The van der Waals surface area contributed by atoms with Crippen molar-refractivity contribution in [3.05, 3.63) is 0 Å². The smallest absolute Gasteiger partial charge is 0.0507 e. The molecule has 3 aliphatic heterocycles. The van der Waals surface area contributed by atoms with Crippen molar-refractivity contribution in [2.24, 2.45) is 0 Å². The number of piperazine rings is 1. The molecule has 3 heterocycles. The maximum atomic E-state index is 2.66. The third-order valence-electron chi connectivity index (χ3n) is 5.82. The third kappa shape index (κ3) is 5.98. The Morgan fingerprint density at radius 1 is 0.522 bits per heavy atom. The molecule has 0 saturated carbocycles. The van der Waals surface area contributed by atoms with Gasteiger partial charge in [-0.15, -0.1) is 0 Å². The van der Waals surface area contributed by atoms with E-state index in [0.29, 0.717) is 0 Å². The summed E-state index contributed by atoms with van der Waals surface area (Å²) in [4.78, 5) is 13.0. The summed E-state index contributed by atoms with van der Waals surface area (Å²) >= 11 is 0. The molecule has 3 rings (SSSR count). The minimum absolute atomic E-state index is 1.21. The van der Waals surface area contributed by atoms with Gasteiger partial charge in [0.25, 0.3) is 0 Å². The molecule has 3 aliphatic rings. The van der Waals surface area contributed by atoms with E-state index in [0.717, 1.165) is 0 Å². The van der Waals surface area contributed by atoms with Crippen LogP contribution in [0.3, 0.4) is 0 Å². The van der Waals surface area contributed by atoms with Gasteiger partial charge in [-0.1, -0.05) is 0 Å². The monoisotopic (exact) mass is 323 g/mol. The fourth-order valence-corrected chi connectivity index (χ4v) is 4.19. The summed E-state index contributed by atoms with van der Waals surface area (Å²) in [5, 5.41) is 0. The van der Waals surface area contributed by atoms with E-state index in [2.05, 4.69) is 31.5 Å². The van der Waals surface area contributed by atoms with Crippen molar-refractivity contribution in [3.63, 3.8) is 0 Å². The van der Waals surface area contributed by atoms with Crippen LogP contribution in [-0.2, 0) is 0 Å². The summed E-state index contributed by atoms with van der Waals surface area (Å²) in [7, 11) is 2.24. The highest BCUT2D eigenvalue weighted by Crippen LogP contribution is 2.10. The predicted octanol–water partition coefficient (Wildman–Crippen LogP) is 0.685. The first-order chi connectivity index (χ1) is 11.3. The average Bonchev–Trinajstić information content (AvgIpc) is 3.22. The number of hydrogen-bond donors (Lipinski definition) is 0. The van der Waals surface area contributed by atoms with Gasteiger partial charge >= 0.3 is 0 Å². The molecule has 0 bridgehead atoms. The zero-order valence-corrected chi connectivity index (χ0v) is 15.3. The van der Waals surface area contributed by atoms with E-state index < -0.39 is 0 Å². The zero-order chi connectivity index (χ0) is 15.9. The zero-order valence-electron chi connectivity index (χ0n) is 15.3. The molecule has 0 aromatic carbocycles. The van der Waals surface area contributed by atoms with Gasteiger partial charge in [-0.2, -0.15) is 0 Å². The van der Waals surface area contributed by atoms with Crippen LogP contribution in [-0.4, -0.2) is 117 Å². The summed E-state index contributed by atoms with van der Waals surface area (Å²) in [6.07, 6.45) is 5.54. The van der Waals surface area contributed by atoms with Gasteiger partial charge in [-0.3, -0.25) is 9.80 Å². The van der Waals surface area contributed by atoms with Crippen molar-refractivity contribution in [1.82, 2.24) is 24.5 Å². The number of likely N-dealkylation sites (tertiary alicyclic amines) is 1. The standard InChI is InChI=1S/C18H37N5/c1-19-12-14-21(15-13-19)9-5-11-23-17-16-22(18-23)10-4-8-20-6-2-3-7-20/h2-18H2,1H3. The van der Waals surface area contributed by atoms with Gasteiger partial charge in [-0.05, 0) is 58.9 Å². The minimum Gasteiger partial charge on any atom is -0.304 e. The van der Waals surface area contributed by atoms with Gasteiger partial charge in [0.05, 0.1) is 6.67 Å². The van der Waals surface area contributed by atoms with Crippen LogP contribution in [0, 0.1) is 0 Å². The molecule has 0 amide bonds. The van der Waals surface area contributed by atoms with Crippen LogP contribution < -0.4 is 0 Å². The third-order valence-corrected chi connectivity index (χ3v) is 5.82. The molecule has 3 saturated heterocycles. The summed E-state index contributed by atoms with van der Waals surface area (Å²) in [6, 6.07) is 0. The lowest BCUT2D eigenvalue weighted by Gasteiger charge is -2.32. The molecule has 0 radical (unpaired) electrons. The Balaban J connectivity index is 1.21. The Bertz CT molecular complexity index is 323. The average molecular weight is 324 g/mol. The molecule has 5 heteroatoms.